The number of rotatable bonds is 7. The van der Waals surface area contributed by atoms with E-state index in [0.717, 1.165) is 31.2 Å². The highest BCUT2D eigenvalue weighted by atomic mass is 32.2. The van der Waals surface area contributed by atoms with Crippen LogP contribution in [0.25, 0.3) is 0 Å². The maximum absolute atomic E-state index is 13.0. The van der Waals surface area contributed by atoms with Gasteiger partial charge in [-0.15, -0.1) is 0 Å². The summed E-state index contributed by atoms with van der Waals surface area (Å²) in [6.07, 6.45) is 3.99. The summed E-state index contributed by atoms with van der Waals surface area (Å²) in [4.78, 5) is 13.4. The van der Waals surface area contributed by atoms with Gasteiger partial charge in [-0.2, -0.15) is 0 Å². The van der Waals surface area contributed by atoms with Crippen molar-refractivity contribution in [1.82, 2.24) is 5.32 Å². The first kappa shape index (κ1) is 23.8. The SMILES string of the molecule is COc1ccc(C2CCCCC2NC(=O)c2ccc(S(=O)(=O)c3ccccc3)cc2)cc1OC. The Bertz CT molecular complexity index is 1240. The van der Waals surface area contributed by atoms with Crippen LogP contribution in [0.3, 0.4) is 0 Å². The highest BCUT2D eigenvalue weighted by Crippen LogP contribution is 2.37. The van der Waals surface area contributed by atoms with E-state index in [-0.39, 0.29) is 27.7 Å². The van der Waals surface area contributed by atoms with Gasteiger partial charge in [-0.1, -0.05) is 37.1 Å². The minimum atomic E-state index is -3.62. The van der Waals surface area contributed by atoms with Crippen LogP contribution in [-0.4, -0.2) is 34.6 Å². The van der Waals surface area contributed by atoms with E-state index in [1.807, 2.05) is 18.2 Å². The molecule has 6 nitrogen and oxygen atoms in total. The summed E-state index contributed by atoms with van der Waals surface area (Å²) in [5.41, 5.74) is 1.54. The molecule has 2 atom stereocenters. The number of sulfone groups is 1. The number of hydrogen-bond acceptors (Lipinski definition) is 5. The van der Waals surface area contributed by atoms with Gasteiger partial charge in [0.2, 0.25) is 9.84 Å². The predicted octanol–water partition coefficient (Wildman–Crippen LogP) is 4.99. The average Bonchev–Trinajstić information content (AvgIpc) is 2.89. The van der Waals surface area contributed by atoms with Crippen LogP contribution in [0.4, 0.5) is 0 Å². The van der Waals surface area contributed by atoms with Crippen LogP contribution in [0, 0.1) is 0 Å². The minimum absolute atomic E-state index is 0.0212. The first-order valence-electron chi connectivity index (χ1n) is 11.4. The normalized spacial score (nSPS) is 18.2. The van der Waals surface area contributed by atoms with Gasteiger partial charge in [0.15, 0.2) is 11.5 Å². The Morgan fingerprint density at radius 3 is 2.15 bits per heavy atom. The molecule has 0 heterocycles. The molecule has 7 heteroatoms. The molecule has 4 rings (SSSR count). The Morgan fingerprint density at radius 2 is 1.47 bits per heavy atom. The lowest BCUT2D eigenvalue weighted by Crippen LogP contribution is -2.41. The van der Waals surface area contributed by atoms with E-state index in [2.05, 4.69) is 5.32 Å². The molecule has 0 aliphatic heterocycles. The monoisotopic (exact) mass is 479 g/mol. The van der Waals surface area contributed by atoms with Gasteiger partial charge in [0, 0.05) is 17.5 Å². The maximum Gasteiger partial charge on any atom is 0.251 e. The molecule has 1 saturated carbocycles. The first-order valence-corrected chi connectivity index (χ1v) is 12.9. The first-order chi connectivity index (χ1) is 16.4. The van der Waals surface area contributed by atoms with Crippen molar-refractivity contribution in [3.05, 3.63) is 83.9 Å². The molecule has 1 aliphatic carbocycles. The molecule has 0 aromatic heterocycles. The molecular weight excluding hydrogens is 450 g/mol. The van der Waals surface area contributed by atoms with Gasteiger partial charge >= 0.3 is 0 Å². The summed E-state index contributed by atoms with van der Waals surface area (Å²) < 4.78 is 36.4. The van der Waals surface area contributed by atoms with Gasteiger partial charge < -0.3 is 14.8 Å². The van der Waals surface area contributed by atoms with E-state index in [1.165, 1.54) is 12.1 Å². The summed E-state index contributed by atoms with van der Waals surface area (Å²) in [5, 5.41) is 3.18. The zero-order chi connectivity index (χ0) is 24.1. The lowest BCUT2D eigenvalue weighted by molar-refractivity contribution is 0.0920. The molecule has 0 bridgehead atoms. The maximum atomic E-state index is 13.0. The smallest absolute Gasteiger partial charge is 0.251 e. The fraction of sp³-hybridized carbons (Fsp3) is 0.296. The standard InChI is InChI=1S/C27H29NO5S/c1-32-25-17-14-20(18-26(25)33-2)23-10-6-7-11-24(23)28-27(29)19-12-15-22(16-13-19)34(30,31)21-8-4-3-5-9-21/h3-5,8-9,12-18,23-24H,6-7,10-11H2,1-2H3,(H,28,29). The summed E-state index contributed by atoms with van der Waals surface area (Å²) in [5.74, 6) is 1.30. The minimum Gasteiger partial charge on any atom is -0.493 e. The van der Waals surface area contributed by atoms with E-state index in [4.69, 9.17) is 9.47 Å². The molecule has 0 radical (unpaired) electrons. The highest BCUT2D eigenvalue weighted by Gasteiger charge is 2.29. The van der Waals surface area contributed by atoms with E-state index in [9.17, 15) is 13.2 Å². The molecule has 3 aromatic rings. The van der Waals surface area contributed by atoms with Gasteiger partial charge in [0.05, 0.1) is 24.0 Å². The lowest BCUT2D eigenvalue weighted by atomic mass is 9.79. The van der Waals surface area contributed by atoms with Crippen LogP contribution in [0.1, 0.15) is 47.5 Å². The number of methoxy groups -OCH3 is 2. The number of amides is 1. The topological polar surface area (TPSA) is 81.7 Å². The predicted molar refractivity (Wildman–Crippen MR) is 130 cm³/mol. The quantitative estimate of drug-likeness (QED) is 0.516. The Balaban J connectivity index is 1.51. The van der Waals surface area contributed by atoms with Crippen molar-refractivity contribution in [3.8, 4) is 11.5 Å². The third-order valence-corrected chi connectivity index (χ3v) is 8.18. The van der Waals surface area contributed by atoms with E-state index in [1.54, 1.807) is 56.7 Å². The zero-order valence-corrected chi connectivity index (χ0v) is 20.2. The molecule has 3 aromatic carbocycles. The summed E-state index contributed by atoms with van der Waals surface area (Å²) in [6.45, 7) is 0. The number of carbonyl (C=O) groups is 1. The second-order valence-electron chi connectivity index (χ2n) is 8.43. The largest absolute Gasteiger partial charge is 0.493 e. The van der Waals surface area contributed by atoms with Crippen LogP contribution < -0.4 is 14.8 Å². The number of carbonyl (C=O) groups excluding carboxylic acids is 1. The molecule has 34 heavy (non-hydrogen) atoms. The molecular formula is C27H29NO5S. The molecule has 1 aliphatic rings. The van der Waals surface area contributed by atoms with Crippen LogP contribution in [0.2, 0.25) is 0 Å². The van der Waals surface area contributed by atoms with E-state index >= 15 is 0 Å². The molecule has 1 fully saturated rings. The molecule has 0 spiro atoms. The van der Waals surface area contributed by atoms with Crippen molar-refractivity contribution in [2.24, 2.45) is 0 Å². The summed E-state index contributed by atoms with van der Waals surface area (Å²) in [6, 6.07) is 20.3. The number of nitrogens with one attached hydrogen (secondary N) is 1. The van der Waals surface area contributed by atoms with Crippen molar-refractivity contribution in [2.45, 2.75) is 47.4 Å². The Morgan fingerprint density at radius 1 is 0.824 bits per heavy atom. The van der Waals surface area contributed by atoms with Crippen molar-refractivity contribution in [1.29, 1.82) is 0 Å². The second kappa shape index (κ2) is 10.3. The number of benzene rings is 3. The van der Waals surface area contributed by atoms with E-state index < -0.39 is 9.84 Å². The van der Waals surface area contributed by atoms with Crippen LogP contribution in [-0.2, 0) is 9.84 Å². The highest BCUT2D eigenvalue weighted by molar-refractivity contribution is 7.91. The van der Waals surface area contributed by atoms with Gasteiger partial charge in [-0.25, -0.2) is 8.42 Å². The molecule has 1 N–H and O–H groups in total. The lowest BCUT2D eigenvalue weighted by Gasteiger charge is -2.33. The van der Waals surface area contributed by atoms with Crippen LogP contribution >= 0.6 is 0 Å². The van der Waals surface area contributed by atoms with Crippen LogP contribution in [0.5, 0.6) is 11.5 Å². The Hall–Kier alpha value is -3.32. The Labute approximate surface area is 200 Å². The van der Waals surface area contributed by atoms with Gasteiger partial charge in [-0.3, -0.25) is 4.79 Å². The van der Waals surface area contributed by atoms with Crippen molar-refractivity contribution < 1.29 is 22.7 Å². The number of ether oxygens (including phenoxy) is 2. The summed E-state index contributed by atoms with van der Waals surface area (Å²) in [7, 11) is -0.397. The third kappa shape index (κ3) is 4.94. The van der Waals surface area contributed by atoms with Crippen LogP contribution in [0.15, 0.2) is 82.6 Å². The fourth-order valence-corrected chi connectivity index (χ4v) is 5.84. The summed E-state index contributed by atoms with van der Waals surface area (Å²) >= 11 is 0. The number of hydrogen-bond donors (Lipinski definition) is 1. The van der Waals surface area contributed by atoms with Gasteiger partial charge in [-0.05, 0) is 66.9 Å². The second-order valence-corrected chi connectivity index (χ2v) is 10.4. The van der Waals surface area contributed by atoms with Crippen molar-refractivity contribution in [2.75, 3.05) is 14.2 Å². The van der Waals surface area contributed by atoms with Crippen molar-refractivity contribution in [3.63, 3.8) is 0 Å². The zero-order valence-electron chi connectivity index (χ0n) is 19.4. The van der Waals surface area contributed by atoms with Gasteiger partial charge in [0.1, 0.15) is 0 Å². The van der Waals surface area contributed by atoms with Crippen molar-refractivity contribution >= 4 is 15.7 Å². The fourth-order valence-electron chi connectivity index (χ4n) is 4.56. The molecule has 178 valence electrons. The third-order valence-electron chi connectivity index (χ3n) is 6.40. The average molecular weight is 480 g/mol. The molecule has 2 unspecified atom stereocenters. The Kier molecular flexibility index (Phi) is 7.22. The molecule has 0 saturated heterocycles. The molecule has 1 amide bonds. The van der Waals surface area contributed by atoms with E-state index in [0.29, 0.717) is 17.1 Å². The van der Waals surface area contributed by atoms with Gasteiger partial charge in [0.25, 0.3) is 5.91 Å².